The van der Waals surface area contributed by atoms with Gasteiger partial charge in [0.05, 0.1) is 0 Å². The van der Waals surface area contributed by atoms with E-state index in [1.807, 2.05) is 13.1 Å². The van der Waals surface area contributed by atoms with Gasteiger partial charge in [-0.3, -0.25) is 0 Å². The van der Waals surface area contributed by atoms with Gasteiger partial charge in [0.15, 0.2) is 0 Å². The largest absolute Gasteiger partial charge is 0.573 e. The first-order valence-corrected chi connectivity index (χ1v) is 5.60. The summed E-state index contributed by atoms with van der Waals surface area (Å²) in [6, 6.07) is 6.14. The highest BCUT2D eigenvalue weighted by molar-refractivity contribution is 5.68. The maximum Gasteiger partial charge on any atom is 0.573 e. The molecule has 0 saturated heterocycles. The molecule has 0 atom stereocenters. The normalized spacial score (nSPS) is 12.6. The van der Waals surface area contributed by atoms with Gasteiger partial charge in [-0.05, 0) is 38.6 Å². The van der Waals surface area contributed by atoms with E-state index in [9.17, 15) is 13.2 Å². The maximum atomic E-state index is 12.2. The number of ether oxygens (including phenoxy) is 1. The topological polar surface area (TPSA) is 21.3 Å². The summed E-state index contributed by atoms with van der Waals surface area (Å²) < 4.78 is 40.7. The molecule has 0 aliphatic carbocycles. The summed E-state index contributed by atoms with van der Waals surface area (Å²) in [5.41, 5.74) is 1.23. The Bertz CT molecular complexity index is 413. The number of allylic oxidation sites excluding steroid dienone is 1. The molecule has 0 aliphatic rings. The third-order valence-electron chi connectivity index (χ3n) is 2.38. The zero-order valence-electron chi connectivity index (χ0n) is 10.3. The third-order valence-corrected chi connectivity index (χ3v) is 2.38. The van der Waals surface area contributed by atoms with Gasteiger partial charge >= 0.3 is 6.36 Å². The van der Waals surface area contributed by atoms with Gasteiger partial charge in [-0.15, -0.1) is 13.2 Å². The van der Waals surface area contributed by atoms with Crippen molar-refractivity contribution in [3.05, 3.63) is 35.9 Å². The molecule has 2 nitrogen and oxygen atoms in total. The van der Waals surface area contributed by atoms with Crippen molar-refractivity contribution in [3.63, 3.8) is 0 Å². The van der Waals surface area contributed by atoms with Crippen LogP contribution in [0.15, 0.2) is 30.3 Å². The first kappa shape index (κ1) is 14.6. The Morgan fingerprint density at radius 2 is 2.00 bits per heavy atom. The first-order chi connectivity index (χ1) is 8.44. The van der Waals surface area contributed by atoms with Crippen LogP contribution in [0.3, 0.4) is 0 Å². The quantitative estimate of drug-likeness (QED) is 0.816. The minimum absolute atomic E-state index is 0.164. The van der Waals surface area contributed by atoms with Gasteiger partial charge in [-0.2, -0.15) is 0 Å². The fraction of sp³-hybridized carbons (Fsp3) is 0.385. The summed E-state index contributed by atoms with van der Waals surface area (Å²) in [5, 5.41) is 2.97. The van der Waals surface area contributed by atoms with E-state index in [1.54, 1.807) is 19.1 Å². The summed E-state index contributed by atoms with van der Waals surface area (Å²) in [7, 11) is 1.82. The molecule has 5 heteroatoms. The number of para-hydroxylation sites is 1. The molecule has 0 aliphatic heterocycles. The fourth-order valence-electron chi connectivity index (χ4n) is 1.55. The number of hydrogen-bond acceptors (Lipinski definition) is 2. The molecule has 0 heterocycles. The number of rotatable bonds is 5. The standard InChI is InChI=1S/C13H16F3NO/c1-10(6-5-9-17-2)11-7-3-4-8-12(11)18-13(14,15)16/h3-4,6-8,17H,5,9H2,1-2H3. The molecule has 0 spiro atoms. The Morgan fingerprint density at radius 3 is 2.61 bits per heavy atom. The van der Waals surface area contributed by atoms with Crippen molar-refractivity contribution in [1.82, 2.24) is 5.32 Å². The van der Waals surface area contributed by atoms with Crippen molar-refractivity contribution >= 4 is 5.57 Å². The second kappa shape index (κ2) is 6.44. The summed E-state index contributed by atoms with van der Waals surface area (Å²) in [4.78, 5) is 0. The molecular formula is C13H16F3NO. The van der Waals surface area contributed by atoms with Crippen LogP contribution in [-0.4, -0.2) is 20.0 Å². The van der Waals surface area contributed by atoms with E-state index >= 15 is 0 Å². The molecule has 0 unspecified atom stereocenters. The van der Waals surface area contributed by atoms with Crippen molar-refractivity contribution in [3.8, 4) is 5.75 Å². The Morgan fingerprint density at radius 1 is 1.33 bits per heavy atom. The predicted octanol–water partition coefficient (Wildman–Crippen LogP) is 3.60. The highest BCUT2D eigenvalue weighted by atomic mass is 19.4. The Kier molecular flexibility index (Phi) is 5.22. The molecule has 100 valence electrons. The molecule has 0 amide bonds. The number of hydrogen-bond donors (Lipinski definition) is 1. The molecular weight excluding hydrogens is 243 g/mol. The van der Waals surface area contributed by atoms with Gasteiger partial charge in [-0.25, -0.2) is 0 Å². The van der Waals surface area contributed by atoms with Crippen LogP contribution in [0.5, 0.6) is 5.75 Å². The molecule has 18 heavy (non-hydrogen) atoms. The van der Waals surface area contributed by atoms with Crippen LogP contribution in [0.25, 0.3) is 5.57 Å². The van der Waals surface area contributed by atoms with E-state index in [0.29, 0.717) is 5.56 Å². The van der Waals surface area contributed by atoms with Gasteiger partial charge in [0.25, 0.3) is 0 Å². The van der Waals surface area contributed by atoms with E-state index in [-0.39, 0.29) is 5.75 Å². The smallest absolute Gasteiger partial charge is 0.405 e. The van der Waals surface area contributed by atoms with Gasteiger partial charge < -0.3 is 10.1 Å². The van der Waals surface area contributed by atoms with E-state index in [1.165, 1.54) is 12.1 Å². The zero-order valence-corrected chi connectivity index (χ0v) is 10.3. The summed E-state index contributed by atoms with van der Waals surface area (Å²) in [6.07, 6.45) is -2.03. The second-order valence-electron chi connectivity index (χ2n) is 3.82. The molecule has 1 aromatic rings. The first-order valence-electron chi connectivity index (χ1n) is 5.60. The van der Waals surface area contributed by atoms with Crippen molar-refractivity contribution in [2.24, 2.45) is 0 Å². The lowest BCUT2D eigenvalue weighted by molar-refractivity contribution is -0.274. The number of nitrogens with one attached hydrogen (secondary N) is 1. The fourth-order valence-corrected chi connectivity index (χ4v) is 1.55. The van der Waals surface area contributed by atoms with Crippen molar-refractivity contribution < 1.29 is 17.9 Å². The molecule has 0 bridgehead atoms. The van der Waals surface area contributed by atoms with Crippen molar-refractivity contribution in [2.75, 3.05) is 13.6 Å². The Hall–Kier alpha value is -1.49. The average molecular weight is 259 g/mol. The molecule has 0 aromatic heterocycles. The molecule has 0 fully saturated rings. The van der Waals surface area contributed by atoms with Gasteiger partial charge in [0.1, 0.15) is 5.75 Å². The Balaban J connectivity index is 2.91. The maximum absolute atomic E-state index is 12.2. The minimum atomic E-state index is -4.67. The summed E-state index contributed by atoms with van der Waals surface area (Å²) >= 11 is 0. The van der Waals surface area contributed by atoms with Crippen LogP contribution >= 0.6 is 0 Å². The number of halogens is 3. The van der Waals surface area contributed by atoms with Crippen LogP contribution < -0.4 is 10.1 Å². The lowest BCUT2D eigenvalue weighted by atomic mass is 10.1. The third kappa shape index (κ3) is 4.79. The lowest BCUT2D eigenvalue weighted by Crippen LogP contribution is -2.17. The van der Waals surface area contributed by atoms with Crippen LogP contribution in [-0.2, 0) is 0 Å². The summed E-state index contributed by atoms with van der Waals surface area (Å²) in [6.45, 7) is 2.55. The highest BCUT2D eigenvalue weighted by Crippen LogP contribution is 2.30. The zero-order chi connectivity index (χ0) is 13.6. The minimum Gasteiger partial charge on any atom is -0.405 e. The molecule has 1 aromatic carbocycles. The van der Waals surface area contributed by atoms with Crippen LogP contribution in [0.1, 0.15) is 18.9 Å². The monoisotopic (exact) mass is 259 g/mol. The van der Waals surface area contributed by atoms with Gasteiger partial charge in [0.2, 0.25) is 0 Å². The molecule has 1 rings (SSSR count). The molecule has 1 N–H and O–H groups in total. The van der Waals surface area contributed by atoms with E-state index in [2.05, 4.69) is 10.1 Å². The summed E-state index contributed by atoms with van der Waals surface area (Å²) in [5.74, 6) is -0.164. The van der Waals surface area contributed by atoms with Crippen LogP contribution in [0.2, 0.25) is 0 Å². The SMILES string of the molecule is CNCCC=C(C)c1ccccc1OC(F)(F)F. The number of alkyl halides is 3. The Labute approximate surface area is 104 Å². The number of benzene rings is 1. The lowest BCUT2D eigenvalue weighted by Gasteiger charge is -2.13. The van der Waals surface area contributed by atoms with Gasteiger partial charge in [0, 0.05) is 5.56 Å². The highest BCUT2D eigenvalue weighted by Gasteiger charge is 2.32. The van der Waals surface area contributed by atoms with Crippen molar-refractivity contribution in [1.29, 1.82) is 0 Å². The molecule has 0 saturated carbocycles. The van der Waals surface area contributed by atoms with Gasteiger partial charge in [-0.1, -0.05) is 24.3 Å². The van der Waals surface area contributed by atoms with E-state index in [4.69, 9.17) is 0 Å². The predicted molar refractivity (Wildman–Crippen MR) is 65.3 cm³/mol. The van der Waals surface area contributed by atoms with E-state index in [0.717, 1.165) is 18.5 Å². The van der Waals surface area contributed by atoms with Crippen LogP contribution in [0, 0.1) is 0 Å². The average Bonchev–Trinajstić information content (AvgIpc) is 2.27. The van der Waals surface area contributed by atoms with Crippen molar-refractivity contribution in [2.45, 2.75) is 19.7 Å². The van der Waals surface area contributed by atoms with E-state index < -0.39 is 6.36 Å². The second-order valence-corrected chi connectivity index (χ2v) is 3.82. The molecule has 0 radical (unpaired) electrons. The van der Waals surface area contributed by atoms with Crippen LogP contribution in [0.4, 0.5) is 13.2 Å².